The van der Waals surface area contributed by atoms with Gasteiger partial charge in [0, 0.05) is 13.1 Å². The third-order valence-corrected chi connectivity index (χ3v) is 3.94. The van der Waals surface area contributed by atoms with Crippen LogP contribution in [0, 0.1) is 16.0 Å². The minimum atomic E-state index is -0.343. The smallest absolute Gasteiger partial charge is 0.315 e. The summed E-state index contributed by atoms with van der Waals surface area (Å²) in [6.07, 6.45) is 0.938. The third-order valence-electron chi connectivity index (χ3n) is 3.94. The summed E-state index contributed by atoms with van der Waals surface area (Å²) in [6, 6.07) is 5.25. The predicted molar refractivity (Wildman–Crippen MR) is 79.3 cm³/mol. The zero-order valence-corrected chi connectivity index (χ0v) is 11.9. The van der Waals surface area contributed by atoms with Crippen LogP contribution in [0.15, 0.2) is 18.2 Å². The van der Waals surface area contributed by atoms with Crippen molar-refractivity contribution in [2.75, 3.05) is 29.9 Å². The van der Waals surface area contributed by atoms with Gasteiger partial charge in [0.1, 0.15) is 11.4 Å². The van der Waals surface area contributed by atoms with Gasteiger partial charge in [0.05, 0.1) is 17.6 Å². The molecule has 1 aliphatic rings. The van der Waals surface area contributed by atoms with Crippen LogP contribution in [0.2, 0.25) is 0 Å². The summed E-state index contributed by atoms with van der Waals surface area (Å²) in [5.74, 6) is 0.336. The van der Waals surface area contributed by atoms with Gasteiger partial charge >= 0.3 is 5.69 Å². The van der Waals surface area contributed by atoms with E-state index in [0.717, 1.165) is 13.0 Å². The number of nitro groups is 1. The highest BCUT2D eigenvalue weighted by Crippen LogP contribution is 2.39. The molecule has 6 heteroatoms. The molecule has 0 aliphatic carbocycles. The van der Waals surface area contributed by atoms with Crippen LogP contribution in [0.5, 0.6) is 0 Å². The first-order chi connectivity index (χ1) is 9.60. The molecule has 20 heavy (non-hydrogen) atoms. The van der Waals surface area contributed by atoms with Gasteiger partial charge in [-0.25, -0.2) is 0 Å². The molecule has 1 saturated heterocycles. The molecule has 1 heterocycles. The molecule has 1 aromatic carbocycles. The van der Waals surface area contributed by atoms with Crippen molar-refractivity contribution in [2.24, 2.45) is 5.92 Å². The zero-order chi connectivity index (χ0) is 14.7. The summed E-state index contributed by atoms with van der Waals surface area (Å²) >= 11 is 0. The van der Waals surface area contributed by atoms with E-state index < -0.39 is 0 Å². The van der Waals surface area contributed by atoms with E-state index in [2.05, 4.69) is 12.2 Å². The quantitative estimate of drug-likeness (QED) is 0.638. The van der Waals surface area contributed by atoms with E-state index >= 15 is 0 Å². The Balaban J connectivity index is 2.45. The van der Waals surface area contributed by atoms with Crippen LogP contribution in [0.3, 0.4) is 0 Å². The second kappa shape index (κ2) is 6.09. The minimum absolute atomic E-state index is 0.0176. The molecular formula is C14H21N3O3. The fourth-order valence-corrected chi connectivity index (χ4v) is 2.87. The maximum absolute atomic E-state index is 11.4. The van der Waals surface area contributed by atoms with Gasteiger partial charge in [0.2, 0.25) is 0 Å². The highest BCUT2D eigenvalue weighted by molar-refractivity contribution is 5.77. The Morgan fingerprint density at radius 1 is 1.55 bits per heavy atom. The van der Waals surface area contributed by atoms with Crippen molar-refractivity contribution in [3.8, 4) is 0 Å². The van der Waals surface area contributed by atoms with E-state index in [0.29, 0.717) is 23.8 Å². The second-order valence-electron chi connectivity index (χ2n) is 5.17. The maximum Gasteiger partial charge on any atom is 0.315 e. The minimum Gasteiger partial charge on any atom is -0.394 e. The SMILES string of the molecule is CCNc1cccc(N2CCC(C)C2CO)c1[N+](=O)[O-]. The van der Waals surface area contributed by atoms with Crippen molar-refractivity contribution in [3.63, 3.8) is 0 Å². The van der Waals surface area contributed by atoms with Crippen molar-refractivity contribution in [3.05, 3.63) is 28.3 Å². The average Bonchev–Trinajstić information content (AvgIpc) is 2.79. The van der Waals surface area contributed by atoms with E-state index in [1.165, 1.54) is 0 Å². The Hall–Kier alpha value is -1.82. The van der Waals surface area contributed by atoms with Crippen LogP contribution >= 0.6 is 0 Å². The van der Waals surface area contributed by atoms with Gasteiger partial charge in [-0.1, -0.05) is 13.0 Å². The number of anilines is 2. The lowest BCUT2D eigenvalue weighted by molar-refractivity contribution is -0.383. The van der Waals surface area contributed by atoms with Crippen LogP contribution in [-0.2, 0) is 0 Å². The van der Waals surface area contributed by atoms with Crippen molar-refractivity contribution in [1.29, 1.82) is 0 Å². The van der Waals surface area contributed by atoms with Gasteiger partial charge in [0.25, 0.3) is 0 Å². The molecule has 0 radical (unpaired) electrons. The molecule has 1 aliphatic heterocycles. The lowest BCUT2D eigenvalue weighted by Gasteiger charge is -2.27. The van der Waals surface area contributed by atoms with Crippen LogP contribution in [0.4, 0.5) is 17.1 Å². The van der Waals surface area contributed by atoms with E-state index in [1.54, 1.807) is 12.1 Å². The van der Waals surface area contributed by atoms with Gasteiger partial charge in [-0.3, -0.25) is 10.1 Å². The highest BCUT2D eigenvalue weighted by Gasteiger charge is 2.35. The molecule has 0 spiro atoms. The van der Waals surface area contributed by atoms with E-state index in [9.17, 15) is 15.2 Å². The van der Waals surface area contributed by atoms with Gasteiger partial charge in [-0.05, 0) is 31.4 Å². The molecule has 2 N–H and O–H groups in total. The normalized spacial score (nSPS) is 22.1. The molecule has 2 atom stereocenters. The third kappa shape index (κ3) is 2.56. The number of para-hydroxylation sites is 1. The van der Waals surface area contributed by atoms with Crippen molar-refractivity contribution in [1.82, 2.24) is 0 Å². The van der Waals surface area contributed by atoms with Crippen LogP contribution in [0.1, 0.15) is 20.3 Å². The molecular weight excluding hydrogens is 258 g/mol. The van der Waals surface area contributed by atoms with Crippen molar-refractivity contribution < 1.29 is 10.0 Å². The van der Waals surface area contributed by atoms with Crippen LogP contribution in [0.25, 0.3) is 0 Å². The van der Waals surface area contributed by atoms with E-state index in [-0.39, 0.29) is 23.3 Å². The number of nitrogens with zero attached hydrogens (tertiary/aromatic N) is 2. The zero-order valence-electron chi connectivity index (χ0n) is 11.9. The van der Waals surface area contributed by atoms with Crippen molar-refractivity contribution in [2.45, 2.75) is 26.3 Å². The Bertz CT molecular complexity index is 493. The summed E-state index contributed by atoms with van der Waals surface area (Å²) < 4.78 is 0. The number of aliphatic hydroxyl groups excluding tert-OH is 1. The number of hydrogen-bond donors (Lipinski definition) is 2. The Kier molecular flexibility index (Phi) is 4.44. The Morgan fingerprint density at radius 2 is 2.30 bits per heavy atom. The van der Waals surface area contributed by atoms with E-state index in [4.69, 9.17) is 0 Å². The summed E-state index contributed by atoms with van der Waals surface area (Å²) in [5.41, 5.74) is 1.23. The topological polar surface area (TPSA) is 78.6 Å². The Morgan fingerprint density at radius 3 is 2.90 bits per heavy atom. The fourth-order valence-electron chi connectivity index (χ4n) is 2.87. The highest BCUT2D eigenvalue weighted by atomic mass is 16.6. The van der Waals surface area contributed by atoms with Crippen molar-refractivity contribution >= 4 is 17.1 Å². The van der Waals surface area contributed by atoms with Gasteiger partial charge in [-0.2, -0.15) is 0 Å². The summed E-state index contributed by atoms with van der Waals surface area (Å²) in [4.78, 5) is 13.0. The lowest BCUT2D eigenvalue weighted by Crippen LogP contribution is -2.35. The van der Waals surface area contributed by atoms with Crippen LogP contribution in [-0.4, -0.2) is 35.8 Å². The molecule has 1 fully saturated rings. The van der Waals surface area contributed by atoms with Gasteiger partial charge in [0.15, 0.2) is 0 Å². The second-order valence-corrected chi connectivity index (χ2v) is 5.17. The molecule has 0 aromatic heterocycles. The summed E-state index contributed by atoms with van der Waals surface area (Å²) in [5, 5.41) is 24.0. The standard InChI is InChI=1S/C14H21N3O3/c1-3-15-11-5-4-6-12(14(11)17(19)20)16-8-7-10(2)13(16)9-18/h4-6,10,13,15,18H,3,7-9H2,1-2H3. The average molecular weight is 279 g/mol. The number of hydrogen-bond acceptors (Lipinski definition) is 5. The molecule has 2 unspecified atom stereocenters. The maximum atomic E-state index is 11.4. The largest absolute Gasteiger partial charge is 0.394 e. The number of nitro benzene ring substituents is 1. The first-order valence-electron chi connectivity index (χ1n) is 6.98. The summed E-state index contributed by atoms with van der Waals surface area (Å²) in [7, 11) is 0. The first kappa shape index (κ1) is 14.6. The van der Waals surface area contributed by atoms with Gasteiger partial charge in [-0.15, -0.1) is 0 Å². The molecule has 2 rings (SSSR count). The first-order valence-corrected chi connectivity index (χ1v) is 6.98. The molecule has 1 aromatic rings. The van der Waals surface area contributed by atoms with Crippen LogP contribution < -0.4 is 10.2 Å². The number of benzene rings is 1. The van der Waals surface area contributed by atoms with E-state index in [1.807, 2.05) is 17.9 Å². The number of nitrogens with one attached hydrogen (secondary N) is 1. The fraction of sp³-hybridized carbons (Fsp3) is 0.571. The monoisotopic (exact) mass is 279 g/mol. The number of rotatable bonds is 5. The molecule has 6 nitrogen and oxygen atoms in total. The molecule has 110 valence electrons. The van der Waals surface area contributed by atoms with Gasteiger partial charge < -0.3 is 15.3 Å². The predicted octanol–water partition coefficient (Wildman–Crippen LogP) is 2.23. The molecule has 0 amide bonds. The Labute approximate surface area is 118 Å². The number of aliphatic hydroxyl groups is 1. The summed E-state index contributed by atoms with van der Waals surface area (Å²) in [6.45, 7) is 5.36. The molecule has 0 saturated carbocycles. The molecule has 0 bridgehead atoms. The lowest BCUT2D eigenvalue weighted by atomic mass is 10.0.